The van der Waals surface area contributed by atoms with Gasteiger partial charge in [-0.3, -0.25) is 14.2 Å². The van der Waals surface area contributed by atoms with Crippen LogP contribution in [0.5, 0.6) is 0 Å². The average Bonchev–Trinajstić information content (AvgIpc) is 3.12. The number of H-pyrrole nitrogens is 1. The van der Waals surface area contributed by atoms with Gasteiger partial charge in [-0.15, -0.1) is 0 Å². The summed E-state index contributed by atoms with van der Waals surface area (Å²) in [7, 11) is -3.84. The van der Waals surface area contributed by atoms with Crippen LogP contribution in [-0.2, 0) is 20.2 Å². The molecule has 134 valence electrons. The van der Waals surface area contributed by atoms with Crippen LogP contribution in [0.4, 0.5) is 5.69 Å². The van der Waals surface area contributed by atoms with E-state index in [0.29, 0.717) is 11.4 Å². The minimum Gasteiger partial charge on any atom is -0.481 e. The lowest BCUT2D eigenvalue weighted by Crippen LogP contribution is -2.32. The number of aliphatic carboxylic acids is 1. The zero-order valence-electron chi connectivity index (χ0n) is 14.4. The van der Waals surface area contributed by atoms with Gasteiger partial charge < -0.3 is 5.11 Å². The minimum absolute atomic E-state index is 0.111. The Morgan fingerprint density at radius 2 is 2.04 bits per heavy atom. The van der Waals surface area contributed by atoms with Crippen molar-refractivity contribution < 1.29 is 18.3 Å². The monoisotopic (exact) mass is 363 g/mol. The first kappa shape index (κ1) is 17.5. The summed E-state index contributed by atoms with van der Waals surface area (Å²) in [6.07, 6.45) is 1.21. The number of rotatable bonds is 4. The van der Waals surface area contributed by atoms with Crippen LogP contribution in [-0.4, -0.2) is 36.2 Å². The van der Waals surface area contributed by atoms with E-state index in [1.807, 2.05) is 20.8 Å². The number of sulfonamides is 1. The second kappa shape index (κ2) is 5.87. The normalized spacial score (nSPS) is 17.6. The lowest BCUT2D eigenvalue weighted by atomic mass is 9.92. The number of benzene rings is 1. The molecule has 1 unspecified atom stereocenters. The van der Waals surface area contributed by atoms with Gasteiger partial charge >= 0.3 is 5.97 Å². The number of aromatic nitrogens is 2. The van der Waals surface area contributed by atoms with Crippen LogP contribution < -0.4 is 4.31 Å². The first-order valence-corrected chi connectivity index (χ1v) is 9.43. The number of carbonyl (C=O) groups is 1. The lowest BCUT2D eigenvalue weighted by molar-refractivity contribution is -0.137. The van der Waals surface area contributed by atoms with E-state index in [4.69, 9.17) is 5.11 Å². The van der Waals surface area contributed by atoms with Gasteiger partial charge in [-0.25, -0.2) is 8.42 Å². The molecule has 2 heterocycles. The van der Waals surface area contributed by atoms with Gasteiger partial charge in [0.15, 0.2) is 0 Å². The summed E-state index contributed by atoms with van der Waals surface area (Å²) in [4.78, 5) is 11.3. The summed E-state index contributed by atoms with van der Waals surface area (Å²) < 4.78 is 27.9. The van der Waals surface area contributed by atoms with Crippen molar-refractivity contribution in [2.45, 2.75) is 43.4 Å². The summed E-state index contributed by atoms with van der Waals surface area (Å²) in [5, 5.41) is 15.9. The van der Waals surface area contributed by atoms with Crippen molar-refractivity contribution in [3.05, 3.63) is 41.7 Å². The van der Waals surface area contributed by atoms with E-state index in [2.05, 4.69) is 10.2 Å². The van der Waals surface area contributed by atoms with Crippen molar-refractivity contribution in [2.24, 2.45) is 0 Å². The van der Waals surface area contributed by atoms with E-state index < -0.39 is 21.4 Å². The van der Waals surface area contributed by atoms with Gasteiger partial charge in [-0.05, 0) is 11.6 Å². The third-order valence-electron chi connectivity index (χ3n) is 4.38. The second-order valence-electron chi connectivity index (χ2n) is 7.25. The molecule has 1 atom stereocenters. The third kappa shape index (κ3) is 3.02. The lowest BCUT2D eigenvalue weighted by Gasteiger charge is -2.23. The molecular formula is C17H21N3O4S. The maximum absolute atomic E-state index is 13.3. The largest absolute Gasteiger partial charge is 0.481 e. The first-order valence-electron chi connectivity index (χ1n) is 7.99. The molecule has 1 aromatic heterocycles. The van der Waals surface area contributed by atoms with Crippen LogP contribution in [0.15, 0.2) is 35.4 Å². The Bertz CT molecular complexity index is 912. The van der Waals surface area contributed by atoms with E-state index in [1.54, 1.807) is 24.3 Å². The smallest absolute Gasteiger partial charge is 0.304 e. The minimum atomic E-state index is -3.84. The number of carboxylic acids is 1. The van der Waals surface area contributed by atoms with E-state index in [0.717, 1.165) is 5.56 Å². The number of carboxylic acid groups (broad SMARTS) is 1. The quantitative estimate of drug-likeness (QED) is 0.868. The fourth-order valence-electron chi connectivity index (χ4n) is 3.20. The predicted octanol–water partition coefficient (Wildman–Crippen LogP) is 2.47. The Morgan fingerprint density at radius 3 is 2.68 bits per heavy atom. The molecule has 0 saturated carbocycles. The molecule has 25 heavy (non-hydrogen) atoms. The van der Waals surface area contributed by atoms with E-state index in [1.165, 1.54) is 10.5 Å². The molecule has 8 heteroatoms. The fraction of sp³-hybridized carbons (Fsp3) is 0.412. The highest BCUT2D eigenvalue weighted by Gasteiger charge is 2.40. The maximum Gasteiger partial charge on any atom is 0.304 e. The van der Waals surface area contributed by atoms with Gasteiger partial charge in [0, 0.05) is 17.9 Å². The molecule has 2 aromatic rings. The van der Waals surface area contributed by atoms with Gasteiger partial charge in [0.2, 0.25) is 0 Å². The fourth-order valence-corrected chi connectivity index (χ4v) is 5.03. The summed E-state index contributed by atoms with van der Waals surface area (Å²) >= 11 is 0. The number of nitrogens with one attached hydrogen (secondary N) is 1. The van der Waals surface area contributed by atoms with Crippen LogP contribution >= 0.6 is 0 Å². The van der Waals surface area contributed by atoms with Gasteiger partial charge in [0.05, 0.1) is 24.0 Å². The Kier molecular flexibility index (Phi) is 4.10. The Morgan fingerprint density at radius 1 is 1.36 bits per heavy atom. The molecule has 1 aliphatic heterocycles. The number of anilines is 1. The zero-order valence-corrected chi connectivity index (χ0v) is 15.2. The highest BCUT2D eigenvalue weighted by molar-refractivity contribution is 7.93. The van der Waals surface area contributed by atoms with Crippen molar-refractivity contribution in [1.82, 2.24) is 10.2 Å². The zero-order chi connectivity index (χ0) is 18.4. The molecule has 0 spiro atoms. The predicted molar refractivity (Wildman–Crippen MR) is 93.3 cm³/mol. The van der Waals surface area contributed by atoms with Gasteiger partial charge in [-0.2, -0.15) is 5.10 Å². The molecule has 2 N–H and O–H groups in total. The number of nitrogens with zero attached hydrogens (tertiary/aromatic N) is 2. The molecule has 0 saturated heterocycles. The molecule has 1 aromatic carbocycles. The summed E-state index contributed by atoms with van der Waals surface area (Å²) in [6, 6.07) is 7.05. The molecule has 1 aliphatic rings. The number of fused-ring (bicyclic) bond motifs is 1. The van der Waals surface area contributed by atoms with Crippen LogP contribution in [0.1, 0.15) is 44.4 Å². The van der Waals surface area contributed by atoms with Crippen LogP contribution in [0.25, 0.3) is 0 Å². The Hall–Kier alpha value is -2.35. The van der Waals surface area contributed by atoms with Crippen molar-refractivity contribution >= 4 is 21.7 Å². The SMILES string of the molecule is CC(C)(C)c1[nH]ncc1S(=O)(=O)N1CC(CC(=O)O)c2ccccc21. The van der Waals surface area contributed by atoms with Crippen molar-refractivity contribution in [3.63, 3.8) is 0 Å². The molecule has 0 fully saturated rings. The maximum atomic E-state index is 13.3. The van der Waals surface area contributed by atoms with Gasteiger partial charge in [0.1, 0.15) is 4.90 Å². The highest BCUT2D eigenvalue weighted by Crippen LogP contribution is 2.42. The highest BCUT2D eigenvalue weighted by atomic mass is 32.2. The van der Waals surface area contributed by atoms with Gasteiger partial charge in [0.25, 0.3) is 10.0 Å². The van der Waals surface area contributed by atoms with E-state index >= 15 is 0 Å². The average molecular weight is 363 g/mol. The number of hydrogen-bond acceptors (Lipinski definition) is 4. The molecule has 7 nitrogen and oxygen atoms in total. The van der Waals surface area contributed by atoms with Crippen molar-refractivity contribution in [3.8, 4) is 0 Å². The molecule has 0 radical (unpaired) electrons. The molecule has 0 bridgehead atoms. The molecule has 3 rings (SSSR count). The summed E-state index contributed by atoms with van der Waals surface area (Å²) in [6.45, 7) is 5.84. The van der Waals surface area contributed by atoms with Gasteiger partial charge in [-0.1, -0.05) is 39.0 Å². The van der Waals surface area contributed by atoms with Crippen LogP contribution in [0.3, 0.4) is 0 Å². The summed E-state index contributed by atoms with van der Waals surface area (Å²) in [5.74, 6) is -1.31. The molecular weight excluding hydrogens is 342 g/mol. The number of hydrogen-bond donors (Lipinski definition) is 2. The first-order chi connectivity index (χ1) is 11.6. The summed E-state index contributed by atoms with van der Waals surface area (Å²) in [5.41, 5.74) is 1.40. The third-order valence-corrected chi connectivity index (χ3v) is 6.17. The second-order valence-corrected chi connectivity index (χ2v) is 9.08. The van der Waals surface area contributed by atoms with E-state index in [9.17, 15) is 13.2 Å². The Labute approximate surface area is 146 Å². The van der Waals surface area contributed by atoms with Crippen LogP contribution in [0, 0.1) is 0 Å². The van der Waals surface area contributed by atoms with Crippen molar-refractivity contribution in [2.75, 3.05) is 10.8 Å². The topological polar surface area (TPSA) is 103 Å². The van der Waals surface area contributed by atoms with Crippen molar-refractivity contribution in [1.29, 1.82) is 0 Å². The van der Waals surface area contributed by atoms with E-state index in [-0.39, 0.29) is 23.8 Å². The standard InChI is InChI=1S/C17H21N3O4S/c1-17(2,3)16-14(9-18-19-16)25(23,24)20-10-11(8-15(21)22)12-6-4-5-7-13(12)20/h4-7,9,11H,8,10H2,1-3H3,(H,18,19)(H,21,22). The molecule has 0 amide bonds. The Balaban J connectivity index is 2.08. The van der Waals surface area contributed by atoms with Crippen LogP contribution in [0.2, 0.25) is 0 Å². The number of aromatic amines is 1. The number of para-hydroxylation sites is 1. The molecule has 0 aliphatic carbocycles.